The smallest absolute Gasteiger partial charge is 0.267 e. The van der Waals surface area contributed by atoms with Gasteiger partial charge in [-0.15, -0.1) is 11.3 Å². The van der Waals surface area contributed by atoms with Crippen molar-refractivity contribution in [3.63, 3.8) is 0 Å². The van der Waals surface area contributed by atoms with Crippen molar-refractivity contribution >= 4 is 33.9 Å². The van der Waals surface area contributed by atoms with Gasteiger partial charge in [0.2, 0.25) is 0 Å². The molecule has 8 heteroatoms. The van der Waals surface area contributed by atoms with Crippen LogP contribution < -0.4 is 16.4 Å². The average molecular weight is 342 g/mol. The molecule has 0 fully saturated rings. The number of nitrogens with zero attached hydrogens (tertiary/aromatic N) is 1. The molecule has 0 saturated carbocycles. The summed E-state index contributed by atoms with van der Waals surface area (Å²) in [7, 11) is 0. The number of amides is 2. The number of aryl methyl sites for hydroxylation is 2. The van der Waals surface area contributed by atoms with Gasteiger partial charge in [0.05, 0.1) is 10.3 Å². The van der Waals surface area contributed by atoms with Crippen molar-refractivity contribution in [1.29, 1.82) is 0 Å². The molecule has 3 rings (SSSR count). The van der Waals surface area contributed by atoms with E-state index in [0.29, 0.717) is 15.6 Å². The second kappa shape index (κ2) is 6.25. The van der Waals surface area contributed by atoms with E-state index in [4.69, 9.17) is 0 Å². The fourth-order valence-corrected chi connectivity index (χ4v) is 3.14. The first-order chi connectivity index (χ1) is 11.5. The van der Waals surface area contributed by atoms with Gasteiger partial charge in [0.15, 0.2) is 5.69 Å². The molecule has 24 heavy (non-hydrogen) atoms. The van der Waals surface area contributed by atoms with Crippen molar-refractivity contribution in [1.82, 2.24) is 21.0 Å². The molecule has 2 heterocycles. The topological polar surface area (TPSA) is 104 Å². The number of aromatic amines is 1. The Balaban J connectivity index is 1.80. The highest BCUT2D eigenvalue weighted by molar-refractivity contribution is 7.14. The fraction of sp³-hybridized carbons (Fsp3) is 0.125. The number of carbonyl (C=O) groups excluding carboxylic acids is 2. The molecule has 122 valence electrons. The van der Waals surface area contributed by atoms with Crippen molar-refractivity contribution in [3.05, 3.63) is 61.7 Å². The summed E-state index contributed by atoms with van der Waals surface area (Å²) in [6.07, 6.45) is 0. The Bertz CT molecular complexity index is 986. The molecule has 7 nitrogen and oxygen atoms in total. The molecule has 2 aromatic heterocycles. The third-order valence-corrected chi connectivity index (χ3v) is 4.74. The van der Waals surface area contributed by atoms with E-state index in [1.165, 1.54) is 11.3 Å². The van der Waals surface area contributed by atoms with Crippen LogP contribution in [0, 0.1) is 13.8 Å². The quantitative estimate of drug-likeness (QED) is 0.616. The predicted molar refractivity (Wildman–Crippen MR) is 91.1 cm³/mol. The lowest BCUT2D eigenvalue weighted by atomic mass is 10.1. The molecule has 0 unspecified atom stereocenters. The van der Waals surface area contributed by atoms with Crippen LogP contribution in [0.4, 0.5) is 0 Å². The van der Waals surface area contributed by atoms with Crippen LogP contribution in [0.25, 0.3) is 10.8 Å². The number of rotatable bonds is 2. The van der Waals surface area contributed by atoms with Gasteiger partial charge in [0.1, 0.15) is 0 Å². The standard InChI is InChI=1S/C16H14N4O3S/c1-8-7-12(24-9(8)2)15(22)19-20-16(23)13-10-5-3-4-6-11(10)14(21)18-17-13/h3-7H,1-2H3,(H,18,21)(H,19,22)(H,20,23). The Morgan fingerprint density at radius 2 is 1.75 bits per heavy atom. The van der Waals surface area contributed by atoms with E-state index in [-0.39, 0.29) is 11.3 Å². The number of hydrogen-bond donors (Lipinski definition) is 3. The van der Waals surface area contributed by atoms with Gasteiger partial charge in [-0.3, -0.25) is 25.2 Å². The van der Waals surface area contributed by atoms with Crippen molar-refractivity contribution in [2.75, 3.05) is 0 Å². The third-order valence-electron chi connectivity index (χ3n) is 3.59. The number of carbonyl (C=O) groups is 2. The van der Waals surface area contributed by atoms with Crippen LogP contribution in [0.5, 0.6) is 0 Å². The lowest BCUT2D eigenvalue weighted by molar-refractivity contribution is 0.0846. The minimum Gasteiger partial charge on any atom is -0.267 e. The zero-order valence-electron chi connectivity index (χ0n) is 13.0. The van der Waals surface area contributed by atoms with Gasteiger partial charge in [0, 0.05) is 10.3 Å². The van der Waals surface area contributed by atoms with Gasteiger partial charge < -0.3 is 0 Å². The van der Waals surface area contributed by atoms with Crippen LogP contribution in [-0.4, -0.2) is 22.0 Å². The van der Waals surface area contributed by atoms with Gasteiger partial charge in [0.25, 0.3) is 17.4 Å². The number of hydrazine groups is 1. The maximum Gasteiger partial charge on any atom is 0.290 e. The first kappa shape index (κ1) is 15.9. The van der Waals surface area contributed by atoms with E-state index in [1.54, 1.807) is 30.3 Å². The minimum atomic E-state index is -0.610. The maximum absolute atomic E-state index is 12.3. The van der Waals surface area contributed by atoms with Gasteiger partial charge in [-0.25, -0.2) is 5.10 Å². The molecule has 0 atom stereocenters. The lowest BCUT2D eigenvalue weighted by Gasteiger charge is -2.07. The molecule has 0 bridgehead atoms. The summed E-state index contributed by atoms with van der Waals surface area (Å²) in [4.78, 5) is 37.6. The van der Waals surface area contributed by atoms with E-state index < -0.39 is 11.8 Å². The van der Waals surface area contributed by atoms with E-state index in [0.717, 1.165) is 10.4 Å². The van der Waals surface area contributed by atoms with Crippen LogP contribution in [0.2, 0.25) is 0 Å². The highest BCUT2D eigenvalue weighted by atomic mass is 32.1. The molecule has 0 aliphatic heterocycles. The molecule has 0 aliphatic carbocycles. The number of aromatic nitrogens is 2. The van der Waals surface area contributed by atoms with Crippen LogP contribution in [0.15, 0.2) is 35.1 Å². The Morgan fingerprint density at radius 1 is 1.08 bits per heavy atom. The van der Waals surface area contributed by atoms with Crippen molar-refractivity contribution in [2.45, 2.75) is 13.8 Å². The molecular weight excluding hydrogens is 328 g/mol. The van der Waals surface area contributed by atoms with Crippen molar-refractivity contribution < 1.29 is 9.59 Å². The Kier molecular flexibility index (Phi) is 4.13. The molecule has 0 spiro atoms. The normalized spacial score (nSPS) is 10.6. The summed E-state index contributed by atoms with van der Waals surface area (Å²) in [5.41, 5.74) is 5.35. The number of nitrogens with one attached hydrogen (secondary N) is 3. The van der Waals surface area contributed by atoms with Gasteiger partial charge in [-0.1, -0.05) is 18.2 Å². The average Bonchev–Trinajstić information content (AvgIpc) is 2.92. The van der Waals surface area contributed by atoms with Gasteiger partial charge in [-0.2, -0.15) is 5.10 Å². The van der Waals surface area contributed by atoms with Gasteiger partial charge in [-0.05, 0) is 31.5 Å². The van der Waals surface area contributed by atoms with Crippen molar-refractivity contribution in [3.8, 4) is 0 Å². The molecule has 0 radical (unpaired) electrons. The largest absolute Gasteiger partial charge is 0.290 e. The van der Waals surface area contributed by atoms with Crippen LogP contribution in [-0.2, 0) is 0 Å². The van der Waals surface area contributed by atoms with Crippen LogP contribution >= 0.6 is 11.3 Å². The number of H-pyrrole nitrogens is 1. The molecule has 0 aliphatic rings. The van der Waals surface area contributed by atoms with Crippen molar-refractivity contribution in [2.24, 2.45) is 0 Å². The summed E-state index contributed by atoms with van der Waals surface area (Å²) in [6, 6.07) is 8.39. The van der Waals surface area contributed by atoms with E-state index in [9.17, 15) is 14.4 Å². The summed E-state index contributed by atoms with van der Waals surface area (Å²) in [5.74, 6) is -1.01. The highest BCUT2D eigenvalue weighted by Gasteiger charge is 2.16. The van der Waals surface area contributed by atoms with Gasteiger partial charge >= 0.3 is 0 Å². The lowest BCUT2D eigenvalue weighted by Crippen LogP contribution is -2.42. The van der Waals surface area contributed by atoms with E-state index in [2.05, 4.69) is 21.0 Å². The molecule has 1 aromatic carbocycles. The molecule has 3 aromatic rings. The summed E-state index contributed by atoms with van der Waals surface area (Å²) in [5, 5.41) is 6.82. The summed E-state index contributed by atoms with van der Waals surface area (Å²) < 4.78 is 0. The SMILES string of the molecule is Cc1cc(C(=O)NNC(=O)c2n[nH]c(=O)c3ccccc23)sc1C. The third kappa shape index (κ3) is 2.91. The van der Waals surface area contributed by atoms with E-state index >= 15 is 0 Å². The van der Waals surface area contributed by atoms with E-state index in [1.807, 2.05) is 13.8 Å². The predicted octanol–water partition coefficient (Wildman–Crippen LogP) is 1.68. The second-order valence-corrected chi connectivity index (χ2v) is 6.46. The Morgan fingerprint density at radius 3 is 2.42 bits per heavy atom. The summed E-state index contributed by atoms with van der Waals surface area (Å²) >= 11 is 1.35. The maximum atomic E-state index is 12.3. The Hall–Kier alpha value is -3.00. The Labute approximate surface area is 140 Å². The molecule has 0 saturated heterocycles. The molecule has 2 amide bonds. The molecular formula is C16H14N4O3S. The number of benzene rings is 1. The number of fused-ring (bicyclic) bond motifs is 1. The molecule has 3 N–H and O–H groups in total. The fourth-order valence-electron chi connectivity index (χ4n) is 2.21. The van der Waals surface area contributed by atoms with Crippen LogP contribution in [0.1, 0.15) is 30.6 Å². The first-order valence-corrected chi connectivity index (χ1v) is 7.94. The number of hydrogen-bond acceptors (Lipinski definition) is 5. The first-order valence-electron chi connectivity index (χ1n) is 7.12. The number of thiophene rings is 1. The summed E-state index contributed by atoms with van der Waals surface area (Å²) in [6.45, 7) is 3.84. The minimum absolute atomic E-state index is 0.0315. The zero-order chi connectivity index (χ0) is 17.3. The van der Waals surface area contributed by atoms with Crippen LogP contribution in [0.3, 0.4) is 0 Å². The highest BCUT2D eigenvalue weighted by Crippen LogP contribution is 2.20. The zero-order valence-corrected chi connectivity index (χ0v) is 13.8. The monoisotopic (exact) mass is 342 g/mol. The second-order valence-electron chi connectivity index (χ2n) is 5.21.